The minimum atomic E-state index is -5.24. The number of alkyl halides is 3. The molecule has 3 aromatic carbocycles. The maximum Gasteiger partial charge on any atom is 0.423 e. The van der Waals surface area contributed by atoms with Crippen LogP contribution >= 0.6 is 11.6 Å². The lowest BCUT2D eigenvalue weighted by Gasteiger charge is -2.27. The van der Waals surface area contributed by atoms with Crippen LogP contribution in [0.25, 0.3) is 0 Å². The van der Waals surface area contributed by atoms with Gasteiger partial charge in [0.05, 0.1) is 30.8 Å². The van der Waals surface area contributed by atoms with Crippen molar-refractivity contribution in [3.63, 3.8) is 0 Å². The fourth-order valence-electron chi connectivity index (χ4n) is 4.84. The normalized spacial score (nSPS) is 19.8. The van der Waals surface area contributed by atoms with Gasteiger partial charge in [-0.1, -0.05) is 11.6 Å². The Morgan fingerprint density at radius 1 is 1.18 bits per heavy atom. The van der Waals surface area contributed by atoms with E-state index in [1.807, 2.05) is 6.07 Å². The molecular formula is C26H16ClF5N4O3. The Hall–Kier alpha value is -4.21. The van der Waals surface area contributed by atoms with Crippen molar-refractivity contribution in [1.29, 1.82) is 5.26 Å². The lowest BCUT2D eigenvalue weighted by Crippen LogP contribution is -2.48. The Labute approximate surface area is 222 Å². The molecule has 3 aromatic rings. The third-order valence-electron chi connectivity index (χ3n) is 6.64. The van der Waals surface area contributed by atoms with Crippen LogP contribution in [0, 0.1) is 23.0 Å². The van der Waals surface area contributed by atoms with Crippen LogP contribution in [-0.4, -0.2) is 29.8 Å². The van der Waals surface area contributed by atoms with Crippen LogP contribution in [0.2, 0.25) is 5.02 Å². The summed E-state index contributed by atoms with van der Waals surface area (Å²) < 4.78 is 69.4. The number of nitrogens with zero attached hydrogens (tertiary/aromatic N) is 2. The number of β-amino-alcohol motifs (C(OH)–C–C–N with tert-alkyl or cyclic N) is 1. The lowest BCUT2D eigenvalue weighted by molar-refractivity contribution is -0.258. The summed E-state index contributed by atoms with van der Waals surface area (Å²) in [6.07, 6.45) is -5.41. The molecule has 0 bridgehead atoms. The Bertz CT molecular complexity index is 1590. The van der Waals surface area contributed by atoms with Gasteiger partial charge < -0.3 is 15.7 Å². The Morgan fingerprint density at radius 2 is 1.87 bits per heavy atom. The van der Waals surface area contributed by atoms with Crippen LogP contribution in [-0.2, 0) is 12.0 Å². The highest BCUT2D eigenvalue weighted by Crippen LogP contribution is 2.49. The summed E-state index contributed by atoms with van der Waals surface area (Å²) in [6, 6.07) is 8.26. The van der Waals surface area contributed by atoms with Crippen LogP contribution in [0.4, 0.5) is 38.1 Å². The Morgan fingerprint density at radius 3 is 2.56 bits per heavy atom. The molecule has 200 valence electrons. The number of carbonyl (C=O) groups excluding carboxylic acids is 2. The van der Waals surface area contributed by atoms with Crippen LogP contribution in [0.3, 0.4) is 0 Å². The van der Waals surface area contributed by atoms with Crippen molar-refractivity contribution >= 4 is 34.9 Å². The first-order valence-electron chi connectivity index (χ1n) is 11.3. The molecule has 0 saturated carbocycles. The molecule has 2 atom stereocenters. The number of fused-ring (bicyclic) bond motifs is 2. The molecule has 7 nitrogen and oxygen atoms in total. The smallest absolute Gasteiger partial charge is 0.375 e. The van der Waals surface area contributed by atoms with Gasteiger partial charge in [-0.25, -0.2) is 13.6 Å². The predicted molar refractivity (Wildman–Crippen MR) is 129 cm³/mol. The third kappa shape index (κ3) is 4.33. The summed E-state index contributed by atoms with van der Waals surface area (Å²) in [7, 11) is 0. The fraction of sp³-hybridized carbons (Fsp3) is 0.192. The van der Waals surface area contributed by atoms with Crippen molar-refractivity contribution in [2.24, 2.45) is 0 Å². The lowest BCUT2D eigenvalue weighted by atomic mass is 9.94. The third-order valence-corrected chi connectivity index (χ3v) is 6.98. The summed E-state index contributed by atoms with van der Waals surface area (Å²) >= 11 is 6.25. The number of hydrogen-bond donors (Lipinski definition) is 3. The average molecular weight is 563 g/mol. The monoisotopic (exact) mass is 562 g/mol. The largest absolute Gasteiger partial charge is 0.423 e. The highest BCUT2D eigenvalue weighted by Gasteiger charge is 2.61. The standard InChI is InChI=1S/C26H16ClF5N4O3/c27-18-3-1-13(28)9-15(18)22-21-16(23(37)35-22)7-12(5-6-33)8-19(21)34-24(38)36-11-25(39,26(30,31)32)17-10-14(29)2-4-20(17)36/h1-4,7-10,22,39H,5,11H2,(H,34,38)(H,35,37)/t22-,25-/m1/s1. The van der Waals surface area contributed by atoms with E-state index in [0.717, 1.165) is 24.3 Å². The first-order chi connectivity index (χ1) is 18.3. The van der Waals surface area contributed by atoms with Gasteiger partial charge in [0.1, 0.15) is 11.6 Å². The second kappa shape index (κ2) is 9.21. The molecule has 2 aliphatic rings. The molecule has 0 aliphatic carbocycles. The van der Waals surface area contributed by atoms with E-state index in [9.17, 15) is 41.9 Å². The molecule has 2 heterocycles. The number of anilines is 2. The van der Waals surface area contributed by atoms with E-state index in [4.69, 9.17) is 11.6 Å². The molecule has 0 spiro atoms. The van der Waals surface area contributed by atoms with E-state index < -0.39 is 53.5 Å². The highest BCUT2D eigenvalue weighted by molar-refractivity contribution is 6.31. The van der Waals surface area contributed by atoms with Gasteiger partial charge in [0, 0.05) is 33.0 Å². The van der Waals surface area contributed by atoms with E-state index in [-0.39, 0.29) is 39.5 Å². The molecule has 0 unspecified atom stereocenters. The van der Waals surface area contributed by atoms with E-state index in [0.29, 0.717) is 16.5 Å². The van der Waals surface area contributed by atoms with Crippen molar-refractivity contribution in [2.45, 2.75) is 24.2 Å². The number of nitriles is 1. The zero-order valence-corrected chi connectivity index (χ0v) is 20.3. The summed E-state index contributed by atoms with van der Waals surface area (Å²) in [5, 5.41) is 24.9. The SMILES string of the molecule is N#CCc1cc(NC(=O)N2C[C@](O)(C(F)(F)F)c3cc(F)ccc32)c2c(c1)C(=O)N[C@@H]2c1cc(F)ccc1Cl. The minimum Gasteiger partial charge on any atom is -0.375 e. The average Bonchev–Trinajstić information content (AvgIpc) is 3.36. The van der Waals surface area contributed by atoms with Crippen molar-refractivity contribution in [3.05, 3.63) is 93.0 Å². The fourth-order valence-corrected chi connectivity index (χ4v) is 5.07. The number of rotatable bonds is 3. The molecule has 39 heavy (non-hydrogen) atoms. The van der Waals surface area contributed by atoms with E-state index >= 15 is 0 Å². The van der Waals surface area contributed by atoms with Crippen molar-refractivity contribution in [2.75, 3.05) is 16.8 Å². The second-order valence-corrected chi connectivity index (χ2v) is 9.45. The first-order valence-corrected chi connectivity index (χ1v) is 11.7. The number of carbonyl (C=O) groups is 2. The van der Waals surface area contributed by atoms with Gasteiger partial charge in [-0.05, 0) is 54.1 Å². The van der Waals surface area contributed by atoms with Gasteiger partial charge in [-0.3, -0.25) is 9.69 Å². The van der Waals surface area contributed by atoms with Gasteiger partial charge >= 0.3 is 12.2 Å². The molecule has 5 rings (SSSR count). The molecule has 3 amide bonds. The van der Waals surface area contributed by atoms with E-state index in [1.165, 1.54) is 18.2 Å². The zero-order chi connectivity index (χ0) is 28.3. The highest BCUT2D eigenvalue weighted by atomic mass is 35.5. The molecular weight excluding hydrogens is 547 g/mol. The Kier molecular flexibility index (Phi) is 6.24. The zero-order valence-electron chi connectivity index (χ0n) is 19.5. The van der Waals surface area contributed by atoms with Crippen LogP contribution in [0.15, 0.2) is 48.5 Å². The molecule has 13 heteroatoms. The van der Waals surface area contributed by atoms with E-state index in [2.05, 4.69) is 10.6 Å². The Balaban J connectivity index is 1.60. The van der Waals surface area contributed by atoms with Gasteiger partial charge in [0.15, 0.2) is 0 Å². The van der Waals surface area contributed by atoms with Crippen LogP contribution in [0.5, 0.6) is 0 Å². The predicted octanol–water partition coefficient (Wildman–Crippen LogP) is 5.32. The number of hydrogen-bond acceptors (Lipinski definition) is 4. The topological polar surface area (TPSA) is 105 Å². The van der Waals surface area contributed by atoms with Gasteiger partial charge in [0.25, 0.3) is 5.91 Å². The first kappa shape index (κ1) is 26.4. The number of nitrogens with one attached hydrogen (secondary N) is 2. The van der Waals surface area contributed by atoms with Gasteiger partial charge in [-0.2, -0.15) is 18.4 Å². The maximum absolute atomic E-state index is 14.1. The number of aliphatic hydroxyl groups is 1. The molecule has 0 radical (unpaired) electrons. The van der Waals surface area contributed by atoms with E-state index in [1.54, 1.807) is 0 Å². The molecule has 2 aliphatic heterocycles. The van der Waals surface area contributed by atoms with Gasteiger partial charge in [-0.15, -0.1) is 0 Å². The van der Waals surface area contributed by atoms with Crippen LogP contribution in [0.1, 0.15) is 38.7 Å². The summed E-state index contributed by atoms with van der Waals surface area (Å²) in [6.45, 7) is -1.27. The second-order valence-electron chi connectivity index (χ2n) is 9.05. The van der Waals surface area contributed by atoms with Crippen molar-refractivity contribution < 1.29 is 36.6 Å². The minimum absolute atomic E-state index is 0.0408. The van der Waals surface area contributed by atoms with Crippen LogP contribution < -0.4 is 15.5 Å². The van der Waals surface area contributed by atoms with Crippen molar-refractivity contribution in [3.8, 4) is 6.07 Å². The van der Waals surface area contributed by atoms with Crippen molar-refractivity contribution in [1.82, 2.24) is 5.32 Å². The summed E-state index contributed by atoms with van der Waals surface area (Å²) in [5.41, 5.74) is -4.16. The molecule has 0 fully saturated rings. The molecule has 0 saturated heterocycles. The number of halogens is 6. The number of amides is 3. The van der Waals surface area contributed by atoms with Gasteiger partial charge in [0.2, 0.25) is 5.60 Å². The molecule has 3 N–H and O–H groups in total. The summed E-state index contributed by atoms with van der Waals surface area (Å²) in [4.78, 5) is 26.8. The quantitative estimate of drug-likeness (QED) is 0.376. The number of urea groups is 1. The summed E-state index contributed by atoms with van der Waals surface area (Å²) in [5.74, 6) is -2.31. The number of benzene rings is 3. The molecule has 0 aromatic heterocycles. The maximum atomic E-state index is 14.1.